The van der Waals surface area contributed by atoms with E-state index in [2.05, 4.69) is 19.2 Å². The van der Waals surface area contributed by atoms with Crippen LogP contribution in [-0.2, 0) is 46.8 Å². The number of rotatable bonds is 51. The summed E-state index contributed by atoms with van der Waals surface area (Å²) in [6.45, 7) is 1.77. The zero-order chi connectivity index (χ0) is 64.0. The van der Waals surface area contributed by atoms with Crippen molar-refractivity contribution in [3.05, 3.63) is 12.2 Å². The van der Waals surface area contributed by atoms with Crippen LogP contribution in [0.4, 0.5) is 0 Å². The molecule has 3 aliphatic heterocycles. The van der Waals surface area contributed by atoms with Crippen LogP contribution in [0.25, 0.3) is 0 Å². The zero-order valence-corrected chi connectivity index (χ0v) is 54.6. The van der Waals surface area contributed by atoms with Crippen molar-refractivity contribution < 1.29 is 107 Å². The van der Waals surface area contributed by atoms with Crippen molar-refractivity contribution in [2.45, 2.75) is 324 Å². The third kappa shape index (κ3) is 32.9. The lowest BCUT2D eigenvalue weighted by atomic mass is 9.97. The second-order valence-corrected chi connectivity index (χ2v) is 27.1. The summed E-state index contributed by atoms with van der Waals surface area (Å²) in [5.41, 5.74) is 0. The largest absolute Gasteiger partial charge is 0.472 e. The summed E-state index contributed by atoms with van der Waals surface area (Å²) in [6, 6.07) is -1.01. The van der Waals surface area contributed by atoms with Gasteiger partial charge in [0.25, 0.3) is 0 Å². The molecule has 0 aromatic heterocycles. The summed E-state index contributed by atoms with van der Waals surface area (Å²) in [5.74, 6) is -0.299. The molecule has 0 aromatic carbocycles. The number of phosphoric acid groups is 1. The number of hydrogen-bond donors (Lipinski definition) is 12. The number of carbonyl (C=O) groups is 1. The minimum Gasteiger partial charge on any atom is -0.394 e. The third-order valence-corrected chi connectivity index (χ3v) is 17.8. The van der Waals surface area contributed by atoms with Gasteiger partial charge in [0, 0.05) is 6.42 Å². The minimum absolute atomic E-state index is 0.207. The molecule has 87 heavy (non-hydrogen) atoms. The number of allylic oxidation sites excluding steroid dienone is 1. The number of nitrogens with zero attached hydrogens (tertiary/aromatic N) is 1. The fourth-order valence-corrected chi connectivity index (χ4v) is 11.8. The Hall–Kier alpha value is -1.36. The van der Waals surface area contributed by atoms with E-state index in [1.165, 1.54) is 148 Å². The van der Waals surface area contributed by atoms with Gasteiger partial charge in [0.15, 0.2) is 18.9 Å². The molecule has 23 nitrogen and oxygen atoms in total. The third-order valence-electron chi connectivity index (χ3n) is 16.8. The average molecular weight is 1270 g/mol. The highest BCUT2D eigenvalue weighted by molar-refractivity contribution is 7.47. The van der Waals surface area contributed by atoms with Gasteiger partial charge in [-0.1, -0.05) is 206 Å². The topological polar surface area (TPSA) is 343 Å². The van der Waals surface area contributed by atoms with Crippen molar-refractivity contribution in [1.82, 2.24) is 5.32 Å². The van der Waals surface area contributed by atoms with E-state index in [1.54, 1.807) is 6.08 Å². The second-order valence-electron chi connectivity index (χ2n) is 25.6. The van der Waals surface area contributed by atoms with Gasteiger partial charge in [-0.25, -0.2) is 4.57 Å². The Kier molecular flexibility index (Phi) is 42.1. The van der Waals surface area contributed by atoms with Crippen LogP contribution in [0.5, 0.6) is 0 Å². The smallest absolute Gasteiger partial charge is 0.394 e. The van der Waals surface area contributed by atoms with Gasteiger partial charge in [-0.3, -0.25) is 13.8 Å². The molecule has 1 unspecified atom stereocenters. The van der Waals surface area contributed by atoms with Gasteiger partial charge >= 0.3 is 7.82 Å². The van der Waals surface area contributed by atoms with Crippen molar-refractivity contribution in [3.8, 4) is 0 Å². The Morgan fingerprint density at radius 3 is 1.45 bits per heavy atom. The van der Waals surface area contributed by atoms with E-state index in [9.17, 15) is 65.3 Å². The Labute approximate surface area is 521 Å². The first-order valence-electron chi connectivity index (χ1n) is 33.6. The quantitative estimate of drug-likeness (QED) is 0.0139. The molecular weight excluding hydrogens is 1150 g/mol. The zero-order valence-electron chi connectivity index (χ0n) is 53.7. The molecule has 3 rings (SSSR count). The first-order chi connectivity index (χ1) is 41.6. The van der Waals surface area contributed by atoms with Crippen LogP contribution in [0.3, 0.4) is 0 Å². The number of amides is 1. The molecule has 3 heterocycles. The lowest BCUT2D eigenvalue weighted by molar-refractivity contribution is -0.870. The molecule has 3 aliphatic rings. The molecular formula is C63H122N2O21P+. The molecule has 0 radical (unpaired) electrons. The summed E-state index contributed by atoms with van der Waals surface area (Å²) in [7, 11) is 0.664. The molecule has 12 N–H and O–H groups in total. The number of aliphatic hydroxyl groups excluding tert-OH is 10. The summed E-state index contributed by atoms with van der Waals surface area (Å²) >= 11 is 0. The normalized spacial score (nSPS) is 29.5. The summed E-state index contributed by atoms with van der Waals surface area (Å²) in [4.78, 5) is 24.0. The number of phosphoric ester groups is 1. The molecule has 0 bridgehead atoms. The fraction of sp³-hybridized carbons (Fsp3) is 0.952. The molecule has 514 valence electrons. The highest BCUT2D eigenvalue weighted by Crippen LogP contribution is 2.44. The van der Waals surface area contributed by atoms with Crippen molar-refractivity contribution >= 4 is 13.7 Å². The monoisotopic (exact) mass is 1270 g/mol. The van der Waals surface area contributed by atoms with E-state index in [0.29, 0.717) is 17.4 Å². The van der Waals surface area contributed by atoms with Crippen LogP contribution < -0.4 is 5.32 Å². The standard InChI is InChI=1S/C63H121N2O21P/c1-6-8-10-12-14-16-18-20-21-22-23-24-25-27-29-31-33-35-37-39-51(68)64-46(47(67)38-36-34-32-30-28-26-19-17-15-13-11-9-7-2)43-79-61-57(74)55(72)53(70)49(84-61)44-80-62-59(76)56(73)60(86-63-58(75)54(71)52(69)48(42-66)83-63)50(85-62)45-82-87(77,78)81-41-40-65(3,4)5/h36,38,46-50,52-63,66-67,69-76H,6-35,37,39-45H2,1-5H3,(H-,64,68,77,78)/p+1/b38-36+/t46-,47+,48+,49+,50+,52+,53-,54-,55-,56+,57+,58-,59+,60-,61+,62+,63+/m0/s1. The molecule has 3 saturated heterocycles. The molecule has 18 atom stereocenters. The number of ether oxygens (including phenoxy) is 6. The predicted octanol–water partition coefficient (Wildman–Crippen LogP) is 6.22. The van der Waals surface area contributed by atoms with Gasteiger partial charge in [-0.2, -0.15) is 0 Å². The Morgan fingerprint density at radius 2 is 0.954 bits per heavy atom. The first-order valence-corrected chi connectivity index (χ1v) is 35.1. The Morgan fingerprint density at radius 1 is 0.529 bits per heavy atom. The highest BCUT2D eigenvalue weighted by Gasteiger charge is 2.52. The van der Waals surface area contributed by atoms with E-state index in [-0.39, 0.29) is 18.9 Å². The van der Waals surface area contributed by atoms with Gasteiger partial charge in [0.1, 0.15) is 86.4 Å². The van der Waals surface area contributed by atoms with E-state index < -0.39 is 139 Å². The number of carbonyl (C=O) groups excluding carboxylic acids is 1. The SMILES string of the molecule is CCCCCCCCCCCCC/C=C/[C@@H](O)[C@H](CO[C@@H]1O[C@H](CO[C@@H]2O[C@H](COP(=O)(O)OCC[N+](C)(C)C)[C@H](O[C@H]3O[C@H](CO)[C@@H](O)[C@H](O)[C@@H]3O)[C@H](O)[C@H]2O)[C@H](O)[C@H](O)[C@H]1O)NC(=O)CCCCCCCCCCCCCCCCCCCCC. The maximum atomic E-state index is 13.4. The van der Waals surface area contributed by atoms with E-state index >= 15 is 0 Å². The number of hydrogen-bond acceptors (Lipinski definition) is 20. The molecule has 0 spiro atoms. The van der Waals surface area contributed by atoms with Crippen molar-refractivity contribution in [3.63, 3.8) is 0 Å². The van der Waals surface area contributed by atoms with Gasteiger partial charge in [0.2, 0.25) is 5.91 Å². The molecule has 3 fully saturated rings. The molecule has 0 aliphatic carbocycles. The first kappa shape index (κ1) is 79.9. The van der Waals surface area contributed by atoms with Gasteiger partial charge in [-0.05, 0) is 19.3 Å². The van der Waals surface area contributed by atoms with Crippen LogP contribution >= 0.6 is 7.82 Å². The van der Waals surface area contributed by atoms with Crippen LogP contribution in [0.15, 0.2) is 12.2 Å². The minimum atomic E-state index is -4.82. The van der Waals surface area contributed by atoms with Crippen LogP contribution in [0, 0.1) is 0 Å². The lowest BCUT2D eigenvalue weighted by Crippen LogP contribution is -2.65. The highest BCUT2D eigenvalue weighted by atomic mass is 31.2. The average Bonchev–Trinajstić information content (AvgIpc) is 1.23. The summed E-state index contributed by atoms with van der Waals surface area (Å²) in [6.07, 6.45) is 12.9. The maximum absolute atomic E-state index is 13.4. The van der Waals surface area contributed by atoms with Crippen LogP contribution in [-0.4, -0.2) is 231 Å². The number of quaternary nitrogens is 1. The molecule has 24 heteroatoms. The van der Waals surface area contributed by atoms with Crippen molar-refractivity contribution in [2.24, 2.45) is 0 Å². The van der Waals surface area contributed by atoms with Gasteiger partial charge in [0.05, 0.1) is 59.7 Å². The maximum Gasteiger partial charge on any atom is 0.472 e. The second kappa shape index (κ2) is 45.9. The summed E-state index contributed by atoms with van der Waals surface area (Å²) in [5, 5.41) is 112. The van der Waals surface area contributed by atoms with E-state index in [4.69, 9.17) is 37.5 Å². The molecule has 0 saturated carbocycles. The van der Waals surface area contributed by atoms with Gasteiger partial charge in [-0.15, -0.1) is 0 Å². The van der Waals surface area contributed by atoms with Crippen LogP contribution in [0.2, 0.25) is 0 Å². The van der Waals surface area contributed by atoms with Crippen molar-refractivity contribution in [2.75, 3.05) is 60.7 Å². The van der Waals surface area contributed by atoms with Crippen molar-refractivity contribution in [1.29, 1.82) is 0 Å². The number of unbranched alkanes of at least 4 members (excludes halogenated alkanes) is 29. The number of nitrogens with one attached hydrogen (secondary N) is 1. The van der Waals surface area contributed by atoms with Crippen LogP contribution in [0.1, 0.15) is 219 Å². The number of aliphatic hydroxyl groups is 10. The Balaban J connectivity index is 1.60. The lowest BCUT2D eigenvalue weighted by Gasteiger charge is -2.46. The molecule has 1 amide bonds. The van der Waals surface area contributed by atoms with E-state index in [0.717, 1.165) is 44.9 Å². The molecule has 0 aromatic rings. The predicted molar refractivity (Wildman–Crippen MR) is 329 cm³/mol. The van der Waals surface area contributed by atoms with Gasteiger partial charge < -0.3 is 94.2 Å². The number of likely N-dealkylation sites (N-methyl/N-ethyl adjacent to an activating group) is 1. The Bertz CT molecular complexity index is 1810. The van der Waals surface area contributed by atoms with E-state index in [1.807, 2.05) is 27.2 Å². The summed E-state index contributed by atoms with van der Waals surface area (Å²) < 4.78 is 58.5. The fourth-order valence-electron chi connectivity index (χ4n) is 11.1.